The van der Waals surface area contributed by atoms with Gasteiger partial charge in [0.25, 0.3) is 0 Å². The van der Waals surface area contributed by atoms with E-state index in [1.54, 1.807) is 0 Å². The molecule has 104 valence electrons. The largest absolute Gasteiger partial charge is 0.383 e. The van der Waals surface area contributed by atoms with Crippen molar-refractivity contribution in [2.24, 2.45) is 0 Å². The number of nitrogen functional groups attached to an aromatic ring is 1. The van der Waals surface area contributed by atoms with E-state index in [1.807, 2.05) is 13.1 Å². The van der Waals surface area contributed by atoms with E-state index in [4.69, 9.17) is 5.73 Å². The fourth-order valence-electron chi connectivity index (χ4n) is 3.00. The predicted octanol–water partition coefficient (Wildman–Crippen LogP) is 3.31. The van der Waals surface area contributed by atoms with Gasteiger partial charge in [-0.2, -0.15) is 0 Å². The second kappa shape index (κ2) is 5.63. The van der Waals surface area contributed by atoms with E-state index < -0.39 is 0 Å². The first-order valence-electron chi connectivity index (χ1n) is 7.24. The van der Waals surface area contributed by atoms with Gasteiger partial charge < -0.3 is 5.73 Å². The van der Waals surface area contributed by atoms with E-state index in [9.17, 15) is 0 Å². The van der Waals surface area contributed by atoms with E-state index in [-0.39, 0.29) is 0 Å². The fraction of sp³-hybridized carbons (Fsp3) is 0.353. The van der Waals surface area contributed by atoms with Gasteiger partial charge in [0.1, 0.15) is 5.82 Å². The molecule has 3 nitrogen and oxygen atoms in total. The Labute approximate surface area is 120 Å². The van der Waals surface area contributed by atoms with E-state index in [2.05, 4.69) is 46.3 Å². The summed E-state index contributed by atoms with van der Waals surface area (Å²) in [5.41, 5.74) is 9.57. The molecular formula is C17H21N3. The molecule has 0 aliphatic carbocycles. The maximum Gasteiger partial charge on any atom is 0.126 e. The van der Waals surface area contributed by atoms with E-state index in [1.165, 1.54) is 24.0 Å². The number of aryl methyl sites for hydroxylation is 1. The number of aromatic nitrogens is 1. The van der Waals surface area contributed by atoms with Crippen LogP contribution in [-0.2, 0) is 6.54 Å². The maximum absolute atomic E-state index is 5.82. The molecule has 2 aromatic rings. The third kappa shape index (κ3) is 2.68. The van der Waals surface area contributed by atoms with Crippen LogP contribution >= 0.6 is 0 Å². The third-order valence-electron chi connectivity index (χ3n) is 4.12. The van der Waals surface area contributed by atoms with Crippen molar-refractivity contribution >= 4 is 5.82 Å². The van der Waals surface area contributed by atoms with Gasteiger partial charge in [-0.05, 0) is 49.1 Å². The summed E-state index contributed by atoms with van der Waals surface area (Å²) in [5, 5.41) is 0. The highest BCUT2D eigenvalue weighted by Crippen LogP contribution is 2.33. The van der Waals surface area contributed by atoms with Crippen LogP contribution < -0.4 is 5.73 Å². The second-order valence-electron chi connectivity index (χ2n) is 5.58. The average molecular weight is 267 g/mol. The van der Waals surface area contributed by atoms with Gasteiger partial charge in [-0.3, -0.25) is 4.90 Å². The first kappa shape index (κ1) is 13.1. The van der Waals surface area contributed by atoms with Gasteiger partial charge in [0, 0.05) is 18.8 Å². The molecule has 0 unspecified atom stereocenters. The van der Waals surface area contributed by atoms with Crippen LogP contribution in [0.2, 0.25) is 0 Å². The second-order valence-corrected chi connectivity index (χ2v) is 5.58. The standard InChI is InChI=1S/C17H21N3/c1-13-10-15(11-19-17(13)18)16-8-5-9-20(16)12-14-6-3-2-4-7-14/h2-4,6-7,10-11,16H,5,8-9,12H2,1H3,(H2,18,19)/t16-/m1/s1. The molecule has 1 fully saturated rings. The lowest BCUT2D eigenvalue weighted by Gasteiger charge is -2.25. The SMILES string of the molecule is Cc1cc([C@H]2CCCN2Cc2ccccc2)cnc1N. The number of likely N-dealkylation sites (tertiary alicyclic amines) is 1. The summed E-state index contributed by atoms with van der Waals surface area (Å²) >= 11 is 0. The zero-order chi connectivity index (χ0) is 13.9. The maximum atomic E-state index is 5.82. The molecule has 1 atom stereocenters. The highest BCUT2D eigenvalue weighted by molar-refractivity contribution is 5.40. The van der Waals surface area contributed by atoms with Crippen molar-refractivity contribution in [1.29, 1.82) is 0 Å². The number of rotatable bonds is 3. The molecule has 1 aromatic heterocycles. The lowest BCUT2D eigenvalue weighted by atomic mass is 10.0. The van der Waals surface area contributed by atoms with Crippen molar-refractivity contribution in [3.63, 3.8) is 0 Å². The van der Waals surface area contributed by atoms with Crippen LogP contribution in [0.4, 0.5) is 5.82 Å². The number of nitrogens with two attached hydrogens (primary N) is 1. The van der Waals surface area contributed by atoms with Gasteiger partial charge in [-0.15, -0.1) is 0 Å². The molecule has 0 amide bonds. The average Bonchev–Trinajstić information content (AvgIpc) is 2.91. The summed E-state index contributed by atoms with van der Waals surface area (Å²) in [6, 6.07) is 13.3. The van der Waals surface area contributed by atoms with Gasteiger partial charge in [-0.1, -0.05) is 30.3 Å². The minimum atomic E-state index is 0.474. The van der Waals surface area contributed by atoms with E-state index in [0.29, 0.717) is 11.9 Å². The third-order valence-corrected chi connectivity index (χ3v) is 4.12. The van der Waals surface area contributed by atoms with Crippen LogP contribution in [0.15, 0.2) is 42.6 Å². The molecule has 1 aliphatic heterocycles. The van der Waals surface area contributed by atoms with Gasteiger partial charge in [0.05, 0.1) is 0 Å². The minimum absolute atomic E-state index is 0.474. The summed E-state index contributed by atoms with van der Waals surface area (Å²) < 4.78 is 0. The minimum Gasteiger partial charge on any atom is -0.383 e. The monoisotopic (exact) mass is 267 g/mol. The molecule has 1 saturated heterocycles. The van der Waals surface area contributed by atoms with Crippen LogP contribution in [0.25, 0.3) is 0 Å². The molecule has 2 N–H and O–H groups in total. The fourth-order valence-corrected chi connectivity index (χ4v) is 3.00. The molecule has 0 radical (unpaired) electrons. The Balaban J connectivity index is 1.80. The Hall–Kier alpha value is -1.87. The number of benzene rings is 1. The Morgan fingerprint density at radius 1 is 1.30 bits per heavy atom. The Morgan fingerprint density at radius 3 is 2.85 bits per heavy atom. The summed E-state index contributed by atoms with van der Waals surface area (Å²) in [6.07, 6.45) is 4.40. The number of anilines is 1. The van der Waals surface area contributed by atoms with Crippen molar-refractivity contribution in [2.75, 3.05) is 12.3 Å². The molecule has 2 heterocycles. The first-order chi connectivity index (χ1) is 9.74. The molecule has 20 heavy (non-hydrogen) atoms. The summed E-state index contributed by atoms with van der Waals surface area (Å²) in [6.45, 7) is 4.19. The van der Waals surface area contributed by atoms with Gasteiger partial charge in [0.15, 0.2) is 0 Å². The van der Waals surface area contributed by atoms with Crippen LogP contribution in [0.3, 0.4) is 0 Å². The van der Waals surface area contributed by atoms with Crippen molar-refractivity contribution in [3.8, 4) is 0 Å². The topological polar surface area (TPSA) is 42.2 Å². The zero-order valence-electron chi connectivity index (χ0n) is 11.9. The zero-order valence-corrected chi connectivity index (χ0v) is 11.9. The molecule has 0 saturated carbocycles. The first-order valence-corrected chi connectivity index (χ1v) is 7.24. The molecule has 3 heteroatoms. The lowest BCUT2D eigenvalue weighted by molar-refractivity contribution is 0.248. The Kier molecular flexibility index (Phi) is 3.70. The van der Waals surface area contributed by atoms with Gasteiger partial charge >= 0.3 is 0 Å². The van der Waals surface area contributed by atoms with Crippen molar-refractivity contribution in [3.05, 3.63) is 59.3 Å². The normalized spacial score (nSPS) is 19.4. The van der Waals surface area contributed by atoms with E-state index in [0.717, 1.165) is 18.7 Å². The van der Waals surface area contributed by atoms with Crippen molar-refractivity contribution in [1.82, 2.24) is 9.88 Å². The quantitative estimate of drug-likeness (QED) is 0.927. The Bertz CT molecular complexity index is 580. The lowest BCUT2D eigenvalue weighted by Crippen LogP contribution is -2.23. The van der Waals surface area contributed by atoms with Gasteiger partial charge in [0.2, 0.25) is 0 Å². The summed E-state index contributed by atoms with van der Waals surface area (Å²) in [5.74, 6) is 0.640. The van der Waals surface area contributed by atoms with Crippen LogP contribution in [0, 0.1) is 6.92 Å². The molecule has 0 spiro atoms. The van der Waals surface area contributed by atoms with Crippen LogP contribution in [0.1, 0.15) is 35.6 Å². The van der Waals surface area contributed by atoms with Crippen LogP contribution in [-0.4, -0.2) is 16.4 Å². The van der Waals surface area contributed by atoms with Crippen molar-refractivity contribution in [2.45, 2.75) is 32.4 Å². The van der Waals surface area contributed by atoms with Gasteiger partial charge in [-0.25, -0.2) is 4.98 Å². The number of hydrogen-bond acceptors (Lipinski definition) is 3. The van der Waals surface area contributed by atoms with Crippen LogP contribution in [0.5, 0.6) is 0 Å². The van der Waals surface area contributed by atoms with Crippen molar-refractivity contribution < 1.29 is 0 Å². The molecule has 1 aliphatic rings. The molecule has 0 bridgehead atoms. The highest BCUT2D eigenvalue weighted by atomic mass is 15.2. The summed E-state index contributed by atoms with van der Waals surface area (Å²) in [4.78, 5) is 6.86. The Morgan fingerprint density at radius 2 is 2.10 bits per heavy atom. The number of pyridine rings is 1. The number of nitrogens with zero attached hydrogens (tertiary/aromatic N) is 2. The number of hydrogen-bond donors (Lipinski definition) is 1. The summed E-state index contributed by atoms with van der Waals surface area (Å²) in [7, 11) is 0. The molecule has 3 rings (SSSR count). The van der Waals surface area contributed by atoms with E-state index >= 15 is 0 Å². The molecular weight excluding hydrogens is 246 g/mol. The molecule has 1 aromatic carbocycles. The highest BCUT2D eigenvalue weighted by Gasteiger charge is 2.26. The smallest absolute Gasteiger partial charge is 0.126 e. The predicted molar refractivity (Wildman–Crippen MR) is 82.2 cm³/mol.